The number of thioether (sulfide) groups is 1. The van der Waals surface area contributed by atoms with Gasteiger partial charge in [0.1, 0.15) is 0 Å². The second-order valence-electron chi connectivity index (χ2n) is 4.08. The van der Waals surface area contributed by atoms with Crippen LogP contribution >= 0.6 is 11.8 Å². The Morgan fingerprint density at radius 2 is 2.00 bits per heavy atom. The van der Waals surface area contributed by atoms with Gasteiger partial charge < -0.3 is 0 Å². The zero-order valence-electron chi connectivity index (χ0n) is 10.1. The average molecular weight is 271 g/mol. The first-order valence-corrected chi connectivity index (χ1v) is 8.27. The Labute approximate surface area is 107 Å². The number of sulfonamides is 1. The molecule has 1 aliphatic heterocycles. The van der Waals surface area contributed by atoms with E-state index in [-0.39, 0.29) is 5.37 Å². The average Bonchev–Trinajstić information content (AvgIpc) is 2.76. The number of benzene rings is 1. The van der Waals surface area contributed by atoms with Crippen LogP contribution in [0.15, 0.2) is 29.2 Å². The highest BCUT2D eigenvalue weighted by Crippen LogP contribution is 2.29. The van der Waals surface area contributed by atoms with Gasteiger partial charge in [0.05, 0.1) is 10.3 Å². The van der Waals surface area contributed by atoms with Gasteiger partial charge in [-0.1, -0.05) is 19.1 Å². The maximum Gasteiger partial charge on any atom is 0.244 e. The molecule has 1 aromatic rings. The highest BCUT2D eigenvalue weighted by molar-refractivity contribution is 8.01. The first-order chi connectivity index (χ1) is 8.05. The van der Waals surface area contributed by atoms with Gasteiger partial charge in [-0.2, -0.15) is 4.31 Å². The lowest BCUT2D eigenvalue weighted by molar-refractivity contribution is 0.442. The Balaban J connectivity index is 2.31. The predicted octanol–water partition coefficient (Wildman–Crippen LogP) is 2.33. The van der Waals surface area contributed by atoms with Gasteiger partial charge in [-0.3, -0.25) is 0 Å². The Hall–Kier alpha value is -0.520. The smallest absolute Gasteiger partial charge is 0.207 e. The fourth-order valence-electron chi connectivity index (χ4n) is 1.93. The van der Waals surface area contributed by atoms with Gasteiger partial charge in [-0.15, -0.1) is 11.8 Å². The van der Waals surface area contributed by atoms with Gasteiger partial charge in [-0.25, -0.2) is 8.42 Å². The van der Waals surface area contributed by atoms with E-state index in [0.29, 0.717) is 11.4 Å². The number of nitrogens with zero attached hydrogens (tertiary/aromatic N) is 1. The lowest BCUT2D eigenvalue weighted by atomic mass is 10.2. The van der Waals surface area contributed by atoms with Crippen molar-refractivity contribution in [1.82, 2.24) is 4.31 Å². The lowest BCUT2D eigenvalue weighted by Gasteiger charge is -2.20. The Morgan fingerprint density at radius 1 is 1.35 bits per heavy atom. The van der Waals surface area contributed by atoms with Crippen molar-refractivity contribution in [2.24, 2.45) is 0 Å². The van der Waals surface area contributed by atoms with Crippen molar-refractivity contribution < 1.29 is 8.42 Å². The summed E-state index contributed by atoms with van der Waals surface area (Å²) in [7, 11) is -3.30. The largest absolute Gasteiger partial charge is 0.244 e. The molecule has 0 N–H and O–H groups in total. The van der Waals surface area contributed by atoms with Crippen molar-refractivity contribution in [2.75, 3.05) is 12.3 Å². The first kappa shape index (κ1) is 12.9. The standard InChI is InChI=1S/C12H17NO2S2/c1-3-11-4-6-12(7-5-11)17(14,15)13-8-9-16-10(13)2/h4-7,10H,3,8-9H2,1-2H3. The van der Waals surface area contributed by atoms with E-state index in [2.05, 4.69) is 6.92 Å². The van der Waals surface area contributed by atoms with E-state index in [9.17, 15) is 8.42 Å². The highest BCUT2D eigenvalue weighted by atomic mass is 32.2. The molecular weight excluding hydrogens is 254 g/mol. The number of rotatable bonds is 3. The maximum atomic E-state index is 12.4. The fourth-order valence-corrected chi connectivity index (χ4v) is 4.95. The summed E-state index contributed by atoms with van der Waals surface area (Å²) < 4.78 is 26.3. The molecule has 0 radical (unpaired) electrons. The molecule has 1 aliphatic rings. The Morgan fingerprint density at radius 3 is 2.47 bits per heavy atom. The van der Waals surface area contributed by atoms with E-state index in [4.69, 9.17) is 0 Å². The Bertz CT molecular complexity index is 482. The van der Waals surface area contributed by atoms with Gasteiger partial charge in [0.2, 0.25) is 10.0 Å². The van der Waals surface area contributed by atoms with Crippen LogP contribution in [0.5, 0.6) is 0 Å². The second kappa shape index (κ2) is 5.00. The summed E-state index contributed by atoms with van der Waals surface area (Å²) in [6.45, 7) is 4.61. The van der Waals surface area contributed by atoms with Gasteiger partial charge in [0.15, 0.2) is 0 Å². The molecule has 0 aromatic heterocycles. The molecular formula is C12H17NO2S2. The quantitative estimate of drug-likeness (QED) is 0.847. The molecule has 0 aliphatic carbocycles. The third-order valence-corrected chi connectivity index (χ3v) is 6.29. The monoisotopic (exact) mass is 271 g/mol. The first-order valence-electron chi connectivity index (χ1n) is 5.78. The molecule has 0 bridgehead atoms. The van der Waals surface area contributed by atoms with Crippen LogP contribution in [0.4, 0.5) is 0 Å². The zero-order valence-corrected chi connectivity index (χ0v) is 11.7. The molecule has 0 spiro atoms. The van der Waals surface area contributed by atoms with Crippen LogP contribution in [0.3, 0.4) is 0 Å². The number of hydrogen-bond acceptors (Lipinski definition) is 3. The number of aryl methyl sites for hydroxylation is 1. The minimum Gasteiger partial charge on any atom is -0.207 e. The van der Waals surface area contributed by atoms with Crippen LogP contribution in [0, 0.1) is 0 Å². The third kappa shape index (κ3) is 2.51. The summed E-state index contributed by atoms with van der Waals surface area (Å²) in [4.78, 5) is 0.407. The molecule has 0 amide bonds. The fraction of sp³-hybridized carbons (Fsp3) is 0.500. The SMILES string of the molecule is CCc1ccc(S(=O)(=O)N2CCSC2C)cc1. The van der Waals surface area contributed by atoms with Crippen molar-refractivity contribution in [3.8, 4) is 0 Å². The van der Waals surface area contributed by atoms with Gasteiger partial charge in [0, 0.05) is 12.3 Å². The lowest BCUT2D eigenvalue weighted by Crippen LogP contribution is -2.33. The molecule has 1 heterocycles. The molecule has 0 saturated carbocycles. The molecule has 1 aromatic carbocycles. The summed E-state index contributed by atoms with van der Waals surface area (Å²) >= 11 is 1.68. The Kier molecular flexibility index (Phi) is 3.80. The van der Waals surface area contributed by atoms with Crippen LogP contribution in [-0.4, -0.2) is 30.4 Å². The molecule has 3 nitrogen and oxygen atoms in total. The van der Waals surface area contributed by atoms with E-state index < -0.39 is 10.0 Å². The number of hydrogen-bond donors (Lipinski definition) is 0. The summed E-state index contributed by atoms with van der Waals surface area (Å²) in [6, 6.07) is 7.20. The van der Waals surface area contributed by atoms with Crippen molar-refractivity contribution in [1.29, 1.82) is 0 Å². The molecule has 5 heteroatoms. The maximum absolute atomic E-state index is 12.4. The van der Waals surface area contributed by atoms with E-state index in [1.54, 1.807) is 28.2 Å². The van der Waals surface area contributed by atoms with Crippen molar-refractivity contribution in [3.05, 3.63) is 29.8 Å². The van der Waals surface area contributed by atoms with Crippen LogP contribution in [0.2, 0.25) is 0 Å². The molecule has 1 fully saturated rings. The topological polar surface area (TPSA) is 37.4 Å². The molecule has 2 rings (SSSR count). The highest BCUT2D eigenvalue weighted by Gasteiger charge is 2.32. The van der Waals surface area contributed by atoms with Gasteiger partial charge in [-0.05, 0) is 31.0 Å². The summed E-state index contributed by atoms with van der Waals surface area (Å²) in [5.41, 5.74) is 1.16. The van der Waals surface area contributed by atoms with Gasteiger partial charge >= 0.3 is 0 Å². The van der Waals surface area contributed by atoms with E-state index in [0.717, 1.165) is 17.7 Å². The van der Waals surface area contributed by atoms with Crippen molar-refractivity contribution in [3.63, 3.8) is 0 Å². The van der Waals surface area contributed by atoms with E-state index in [1.165, 1.54) is 0 Å². The minimum absolute atomic E-state index is 0.0471. The van der Waals surface area contributed by atoms with E-state index in [1.807, 2.05) is 19.1 Å². The third-order valence-electron chi connectivity index (χ3n) is 3.01. The zero-order chi connectivity index (χ0) is 12.5. The molecule has 94 valence electrons. The van der Waals surface area contributed by atoms with Crippen LogP contribution in [-0.2, 0) is 16.4 Å². The van der Waals surface area contributed by atoms with Crippen LogP contribution in [0.25, 0.3) is 0 Å². The molecule has 1 unspecified atom stereocenters. The summed E-state index contributed by atoms with van der Waals surface area (Å²) in [5.74, 6) is 0.882. The molecule has 17 heavy (non-hydrogen) atoms. The van der Waals surface area contributed by atoms with Gasteiger partial charge in [0.25, 0.3) is 0 Å². The van der Waals surface area contributed by atoms with Crippen LogP contribution < -0.4 is 0 Å². The molecule has 1 saturated heterocycles. The normalized spacial score (nSPS) is 21.9. The van der Waals surface area contributed by atoms with Crippen LogP contribution in [0.1, 0.15) is 19.4 Å². The summed E-state index contributed by atoms with van der Waals surface area (Å²) in [5, 5.41) is 0.0471. The molecule has 1 atom stereocenters. The van der Waals surface area contributed by atoms with Crippen molar-refractivity contribution >= 4 is 21.8 Å². The summed E-state index contributed by atoms with van der Waals surface area (Å²) in [6.07, 6.45) is 0.927. The van der Waals surface area contributed by atoms with Crippen molar-refractivity contribution in [2.45, 2.75) is 30.5 Å². The van der Waals surface area contributed by atoms with E-state index >= 15 is 0 Å². The predicted molar refractivity (Wildman–Crippen MR) is 71.6 cm³/mol. The second-order valence-corrected chi connectivity index (χ2v) is 7.40. The minimum atomic E-state index is -3.30.